The number of rotatable bonds is 2. The highest BCUT2D eigenvalue weighted by atomic mass is 15.2. The summed E-state index contributed by atoms with van der Waals surface area (Å²) in [5, 5.41) is 0. The van der Waals surface area contributed by atoms with E-state index in [1.165, 1.54) is 33.6 Å². The molecular formula is C26H23N. The Bertz CT molecular complexity index is 1030. The summed E-state index contributed by atoms with van der Waals surface area (Å²) in [5.74, 6) is 0.489. The van der Waals surface area contributed by atoms with Crippen molar-refractivity contribution in [1.82, 2.24) is 0 Å². The fourth-order valence-electron chi connectivity index (χ4n) is 4.45. The Morgan fingerprint density at radius 2 is 1.56 bits per heavy atom. The predicted octanol–water partition coefficient (Wildman–Crippen LogP) is 6.78. The number of nitrogens with zero attached hydrogens (tertiary/aromatic N) is 1. The van der Waals surface area contributed by atoms with Gasteiger partial charge in [-0.3, -0.25) is 0 Å². The van der Waals surface area contributed by atoms with Crippen LogP contribution >= 0.6 is 0 Å². The van der Waals surface area contributed by atoms with E-state index in [4.69, 9.17) is 0 Å². The molecule has 3 aromatic rings. The Kier molecular flexibility index (Phi) is 3.94. The molecule has 2 unspecified atom stereocenters. The molecule has 0 fully saturated rings. The molecule has 1 aliphatic carbocycles. The largest absolute Gasteiger partial charge is 0.334 e. The zero-order valence-corrected chi connectivity index (χ0v) is 15.5. The quantitative estimate of drug-likeness (QED) is 0.493. The van der Waals surface area contributed by atoms with Crippen LogP contribution < -0.4 is 4.90 Å². The Morgan fingerprint density at radius 1 is 0.778 bits per heavy atom. The maximum Gasteiger partial charge on any atom is 0.0534 e. The monoisotopic (exact) mass is 349 g/mol. The highest BCUT2D eigenvalue weighted by molar-refractivity contribution is 5.85. The van der Waals surface area contributed by atoms with E-state index in [1.807, 2.05) is 0 Å². The van der Waals surface area contributed by atoms with Gasteiger partial charge in [0, 0.05) is 22.9 Å². The lowest BCUT2D eigenvalue weighted by Gasteiger charge is -2.41. The van der Waals surface area contributed by atoms with Gasteiger partial charge in [-0.2, -0.15) is 0 Å². The third-order valence-corrected chi connectivity index (χ3v) is 5.71. The molecule has 0 aromatic heterocycles. The Hall–Kier alpha value is -3.06. The van der Waals surface area contributed by atoms with E-state index in [1.54, 1.807) is 0 Å². The predicted molar refractivity (Wildman–Crippen MR) is 115 cm³/mol. The van der Waals surface area contributed by atoms with Crippen molar-refractivity contribution >= 4 is 11.4 Å². The van der Waals surface area contributed by atoms with Crippen LogP contribution in [-0.4, -0.2) is 6.04 Å². The van der Waals surface area contributed by atoms with Crippen molar-refractivity contribution in [1.29, 1.82) is 0 Å². The number of benzene rings is 3. The first-order valence-electron chi connectivity index (χ1n) is 9.70. The SMILES string of the molecule is Cc1ccc(N2c3ccccc3C3C=CC=CC2C3)c(-c2ccccc2)c1. The van der Waals surface area contributed by atoms with Crippen molar-refractivity contribution in [3.8, 4) is 11.1 Å². The number of fused-ring (bicyclic) bond motifs is 4. The van der Waals surface area contributed by atoms with Gasteiger partial charge in [-0.1, -0.05) is 84.5 Å². The van der Waals surface area contributed by atoms with Crippen molar-refractivity contribution in [2.24, 2.45) is 0 Å². The van der Waals surface area contributed by atoms with Gasteiger partial charge < -0.3 is 4.90 Å². The Balaban J connectivity index is 1.74. The maximum absolute atomic E-state index is 2.54. The van der Waals surface area contributed by atoms with E-state index in [0.717, 1.165) is 6.42 Å². The summed E-state index contributed by atoms with van der Waals surface area (Å²) in [6.45, 7) is 2.17. The molecular weight excluding hydrogens is 326 g/mol. The number of hydrogen-bond donors (Lipinski definition) is 0. The molecule has 132 valence electrons. The molecule has 0 saturated carbocycles. The molecule has 2 bridgehead atoms. The summed E-state index contributed by atoms with van der Waals surface area (Å²) in [5.41, 5.74) is 7.90. The second-order valence-electron chi connectivity index (χ2n) is 7.49. The number of hydrogen-bond acceptors (Lipinski definition) is 1. The lowest BCUT2D eigenvalue weighted by molar-refractivity contribution is 0.620. The van der Waals surface area contributed by atoms with Crippen LogP contribution in [0, 0.1) is 6.92 Å². The van der Waals surface area contributed by atoms with E-state index in [9.17, 15) is 0 Å². The molecule has 0 spiro atoms. The molecule has 27 heavy (non-hydrogen) atoms. The average molecular weight is 349 g/mol. The minimum absolute atomic E-state index is 0.366. The van der Waals surface area contributed by atoms with Crippen molar-refractivity contribution in [2.75, 3.05) is 4.90 Å². The molecule has 1 heterocycles. The van der Waals surface area contributed by atoms with Crippen molar-refractivity contribution in [3.63, 3.8) is 0 Å². The van der Waals surface area contributed by atoms with E-state index < -0.39 is 0 Å². The number of para-hydroxylation sites is 1. The zero-order chi connectivity index (χ0) is 18.2. The second-order valence-corrected chi connectivity index (χ2v) is 7.49. The van der Waals surface area contributed by atoms with Gasteiger partial charge in [0.05, 0.1) is 6.04 Å². The van der Waals surface area contributed by atoms with E-state index in [0.29, 0.717) is 12.0 Å². The second kappa shape index (κ2) is 6.59. The van der Waals surface area contributed by atoms with E-state index >= 15 is 0 Å². The van der Waals surface area contributed by atoms with Gasteiger partial charge in [-0.25, -0.2) is 0 Å². The van der Waals surface area contributed by atoms with E-state index in [-0.39, 0.29) is 0 Å². The van der Waals surface area contributed by atoms with Crippen molar-refractivity contribution in [3.05, 3.63) is 108 Å². The molecule has 0 N–H and O–H groups in total. The summed E-state index contributed by atoms with van der Waals surface area (Å²) in [6.07, 6.45) is 10.2. The van der Waals surface area contributed by atoms with Crippen LogP contribution in [0.1, 0.15) is 23.5 Å². The van der Waals surface area contributed by atoms with Crippen LogP contribution in [-0.2, 0) is 0 Å². The number of aryl methyl sites for hydroxylation is 1. The molecule has 0 radical (unpaired) electrons. The van der Waals surface area contributed by atoms with Gasteiger partial charge in [-0.15, -0.1) is 0 Å². The van der Waals surface area contributed by atoms with Crippen LogP contribution in [0.5, 0.6) is 0 Å². The van der Waals surface area contributed by atoms with Gasteiger partial charge in [-0.05, 0) is 42.7 Å². The first kappa shape index (κ1) is 16.1. The normalized spacial score (nSPS) is 20.3. The highest BCUT2D eigenvalue weighted by Gasteiger charge is 2.32. The van der Waals surface area contributed by atoms with Gasteiger partial charge >= 0.3 is 0 Å². The summed E-state index contributed by atoms with van der Waals surface area (Å²) < 4.78 is 0. The fourth-order valence-corrected chi connectivity index (χ4v) is 4.45. The summed E-state index contributed by atoms with van der Waals surface area (Å²) in [6, 6.07) is 26.8. The van der Waals surface area contributed by atoms with Crippen LogP contribution in [0.25, 0.3) is 11.1 Å². The first-order valence-corrected chi connectivity index (χ1v) is 9.70. The van der Waals surface area contributed by atoms with Gasteiger partial charge in [0.2, 0.25) is 0 Å². The van der Waals surface area contributed by atoms with Gasteiger partial charge in [0.1, 0.15) is 0 Å². The number of allylic oxidation sites excluding steroid dienone is 3. The van der Waals surface area contributed by atoms with Crippen LogP contribution in [0.15, 0.2) is 97.1 Å². The number of anilines is 2. The summed E-state index contributed by atoms with van der Waals surface area (Å²) >= 11 is 0. The third-order valence-electron chi connectivity index (χ3n) is 5.71. The van der Waals surface area contributed by atoms with Gasteiger partial charge in [0.25, 0.3) is 0 Å². The van der Waals surface area contributed by atoms with Crippen LogP contribution in [0.4, 0.5) is 11.4 Å². The van der Waals surface area contributed by atoms with E-state index in [2.05, 4.69) is 109 Å². The van der Waals surface area contributed by atoms with Crippen LogP contribution in [0.2, 0.25) is 0 Å². The van der Waals surface area contributed by atoms with Gasteiger partial charge in [0.15, 0.2) is 0 Å². The molecule has 1 aliphatic heterocycles. The summed E-state index contributed by atoms with van der Waals surface area (Å²) in [7, 11) is 0. The highest BCUT2D eigenvalue weighted by Crippen LogP contribution is 2.47. The first-order chi connectivity index (χ1) is 13.3. The molecule has 2 atom stereocenters. The summed E-state index contributed by atoms with van der Waals surface area (Å²) in [4.78, 5) is 2.54. The average Bonchev–Trinajstić information content (AvgIpc) is 2.93. The lowest BCUT2D eigenvalue weighted by Crippen LogP contribution is -2.35. The minimum atomic E-state index is 0.366. The zero-order valence-electron chi connectivity index (χ0n) is 15.5. The minimum Gasteiger partial charge on any atom is -0.334 e. The molecule has 1 heteroatoms. The maximum atomic E-state index is 2.54. The molecule has 3 aromatic carbocycles. The third kappa shape index (κ3) is 2.80. The molecule has 5 rings (SSSR count). The van der Waals surface area contributed by atoms with Crippen molar-refractivity contribution < 1.29 is 0 Å². The van der Waals surface area contributed by atoms with Crippen LogP contribution in [0.3, 0.4) is 0 Å². The molecule has 2 aliphatic rings. The fraction of sp³-hybridized carbons (Fsp3) is 0.154. The molecule has 0 amide bonds. The van der Waals surface area contributed by atoms with Crippen molar-refractivity contribution in [2.45, 2.75) is 25.3 Å². The topological polar surface area (TPSA) is 3.24 Å². The Labute approximate surface area is 161 Å². The smallest absolute Gasteiger partial charge is 0.0534 e. The lowest BCUT2D eigenvalue weighted by atomic mass is 9.85. The Morgan fingerprint density at radius 3 is 2.44 bits per heavy atom. The molecule has 1 nitrogen and oxygen atoms in total. The molecule has 0 saturated heterocycles. The standard InChI is InChI=1S/C26H23N/c1-19-15-16-26(24(17-19)20-9-3-2-4-10-20)27-22-12-6-5-11-21(18-22)23-13-7-8-14-25(23)27/h2-17,21-22H,18H2,1H3.